The highest BCUT2D eigenvalue weighted by atomic mass is 32.1. The van der Waals surface area contributed by atoms with Gasteiger partial charge in [0.1, 0.15) is 6.54 Å². The van der Waals surface area contributed by atoms with Gasteiger partial charge in [0.15, 0.2) is 5.13 Å². The fourth-order valence-corrected chi connectivity index (χ4v) is 3.10. The minimum atomic E-state index is 0.0291. The molecule has 1 N–H and O–H groups in total. The number of carbonyl (C=O) groups is 1. The fraction of sp³-hybridized carbons (Fsp3) is 0.462. The van der Waals surface area contributed by atoms with E-state index in [-0.39, 0.29) is 11.9 Å². The van der Waals surface area contributed by atoms with E-state index in [1.165, 1.54) is 0 Å². The lowest BCUT2D eigenvalue weighted by Crippen LogP contribution is -2.45. The quantitative estimate of drug-likeness (QED) is 0.917. The third-order valence-electron chi connectivity index (χ3n) is 3.41. The second-order valence-corrected chi connectivity index (χ2v) is 5.72. The number of nitrogens with zero attached hydrogens (tertiary/aromatic N) is 4. The van der Waals surface area contributed by atoms with Crippen molar-refractivity contribution in [2.45, 2.75) is 25.4 Å². The van der Waals surface area contributed by atoms with Crippen LogP contribution in [0.1, 0.15) is 12.8 Å². The zero-order chi connectivity index (χ0) is 13.8. The molecule has 0 bridgehead atoms. The van der Waals surface area contributed by atoms with Crippen LogP contribution >= 0.6 is 11.3 Å². The molecule has 0 radical (unpaired) electrons. The minimum absolute atomic E-state index is 0.0291. The molecule has 1 saturated heterocycles. The van der Waals surface area contributed by atoms with E-state index < -0.39 is 0 Å². The molecule has 3 heterocycles. The number of amides is 1. The van der Waals surface area contributed by atoms with Crippen molar-refractivity contribution in [2.24, 2.45) is 0 Å². The smallest absolute Gasteiger partial charge is 0.241 e. The fourth-order valence-electron chi connectivity index (χ4n) is 2.40. The summed E-state index contributed by atoms with van der Waals surface area (Å²) in [6, 6.07) is 2.08. The van der Waals surface area contributed by atoms with Crippen molar-refractivity contribution in [1.82, 2.24) is 20.1 Å². The first-order chi connectivity index (χ1) is 9.81. The molecule has 106 valence electrons. The van der Waals surface area contributed by atoms with Gasteiger partial charge in [-0.1, -0.05) is 0 Å². The summed E-state index contributed by atoms with van der Waals surface area (Å²) in [5.41, 5.74) is 0. The largest absolute Gasteiger partial charge is 0.352 e. The lowest BCUT2D eigenvalue weighted by atomic mass is 10.1. The SMILES string of the molecule is O=C(Cn1cccn1)NC1CCN(c2nccs2)CC1. The second kappa shape index (κ2) is 6.04. The third-order valence-corrected chi connectivity index (χ3v) is 4.25. The summed E-state index contributed by atoms with van der Waals surface area (Å²) in [5.74, 6) is 0.0291. The van der Waals surface area contributed by atoms with Crippen molar-refractivity contribution >= 4 is 22.4 Å². The van der Waals surface area contributed by atoms with Crippen molar-refractivity contribution in [3.8, 4) is 0 Å². The summed E-state index contributed by atoms with van der Waals surface area (Å²) in [7, 11) is 0. The first-order valence-corrected chi connectivity index (χ1v) is 7.60. The third kappa shape index (κ3) is 3.16. The van der Waals surface area contributed by atoms with Gasteiger partial charge in [-0.05, 0) is 18.9 Å². The number of nitrogens with one attached hydrogen (secondary N) is 1. The average molecular weight is 291 g/mol. The number of piperidine rings is 1. The Labute approximate surface area is 121 Å². The Hall–Kier alpha value is -1.89. The van der Waals surface area contributed by atoms with Crippen LogP contribution in [0, 0.1) is 0 Å². The topological polar surface area (TPSA) is 63.1 Å². The number of aromatic nitrogens is 3. The lowest BCUT2D eigenvalue weighted by molar-refractivity contribution is -0.122. The van der Waals surface area contributed by atoms with E-state index >= 15 is 0 Å². The van der Waals surface area contributed by atoms with Crippen LogP contribution in [0.4, 0.5) is 5.13 Å². The molecule has 2 aromatic heterocycles. The summed E-state index contributed by atoms with van der Waals surface area (Å²) in [4.78, 5) is 18.5. The molecule has 20 heavy (non-hydrogen) atoms. The van der Waals surface area contributed by atoms with Crippen molar-refractivity contribution < 1.29 is 4.79 Å². The Morgan fingerprint density at radius 3 is 2.90 bits per heavy atom. The summed E-state index contributed by atoms with van der Waals surface area (Å²) < 4.78 is 1.64. The van der Waals surface area contributed by atoms with E-state index in [1.807, 2.05) is 17.6 Å². The van der Waals surface area contributed by atoms with E-state index in [0.717, 1.165) is 31.1 Å². The minimum Gasteiger partial charge on any atom is -0.352 e. The molecule has 1 aliphatic rings. The van der Waals surface area contributed by atoms with Gasteiger partial charge in [0.2, 0.25) is 5.91 Å². The summed E-state index contributed by atoms with van der Waals surface area (Å²) >= 11 is 1.66. The van der Waals surface area contributed by atoms with Gasteiger partial charge in [0, 0.05) is 43.1 Å². The molecular formula is C13H17N5OS. The number of rotatable bonds is 4. The Balaban J connectivity index is 1.45. The molecule has 2 aromatic rings. The highest BCUT2D eigenvalue weighted by molar-refractivity contribution is 7.13. The summed E-state index contributed by atoms with van der Waals surface area (Å²) in [6.07, 6.45) is 7.23. The van der Waals surface area contributed by atoms with Crippen molar-refractivity contribution in [3.05, 3.63) is 30.0 Å². The van der Waals surface area contributed by atoms with Gasteiger partial charge >= 0.3 is 0 Å². The monoisotopic (exact) mass is 291 g/mol. The van der Waals surface area contributed by atoms with Gasteiger partial charge in [0.05, 0.1) is 0 Å². The van der Waals surface area contributed by atoms with Crippen LogP contribution in [-0.4, -0.2) is 39.8 Å². The maximum absolute atomic E-state index is 11.9. The van der Waals surface area contributed by atoms with Crippen LogP contribution in [0.25, 0.3) is 0 Å². The maximum atomic E-state index is 11.9. The molecule has 1 fully saturated rings. The summed E-state index contributed by atoms with van der Waals surface area (Å²) in [6.45, 7) is 2.18. The van der Waals surface area contributed by atoms with Gasteiger partial charge in [-0.15, -0.1) is 11.3 Å². The normalized spacial score (nSPS) is 16.3. The van der Waals surface area contributed by atoms with Crippen molar-refractivity contribution in [2.75, 3.05) is 18.0 Å². The van der Waals surface area contributed by atoms with Crippen molar-refractivity contribution in [1.29, 1.82) is 0 Å². The van der Waals surface area contributed by atoms with Crippen LogP contribution in [0.5, 0.6) is 0 Å². The predicted molar refractivity (Wildman–Crippen MR) is 77.7 cm³/mol. The molecule has 7 heteroatoms. The van der Waals surface area contributed by atoms with Crippen LogP contribution in [0.15, 0.2) is 30.0 Å². The number of hydrogen-bond acceptors (Lipinski definition) is 5. The lowest BCUT2D eigenvalue weighted by Gasteiger charge is -2.32. The number of anilines is 1. The molecule has 0 spiro atoms. The zero-order valence-corrected chi connectivity index (χ0v) is 11.9. The van der Waals surface area contributed by atoms with E-state index in [0.29, 0.717) is 6.54 Å². The highest BCUT2D eigenvalue weighted by Gasteiger charge is 2.21. The van der Waals surface area contributed by atoms with Gasteiger partial charge in [-0.3, -0.25) is 9.48 Å². The number of thiazole rings is 1. The molecule has 1 aliphatic heterocycles. The standard InChI is InChI=1S/C13H17N5OS/c19-12(10-18-6-1-4-15-18)16-11-2-7-17(8-3-11)13-14-5-9-20-13/h1,4-6,9,11H,2-3,7-8,10H2,(H,16,19). The summed E-state index contributed by atoms with van der Waals surface area (Å²) in [5, 5.41) is 10.2. The number of hydrogen-bond donors (Lipinski definition) is 1. The Morgan fingerprint density at radius 2 is 2.25 bits per heavy atom. The van der Waals surface area contributed by atoms with Crippen LogP contribution in [0.2, 0.25) is 0 Å². The predicted octanol–water partition coefficient (Wildman–Crippen LogP) is 1.12. The molecule has 0 aromatic carbocycles. The van der Waals surface area contributed by atoms with E-state index in [2.05, 4.69) is 20.3 Å². The first-order valence-electron chi connectivity index (χ1n) is 6.72. The second-order valence-electron chi connectivity index (χ2n) is 4.85. The van der Waals surface area contributed by atoms with Gasteiger partial charge in [-0.25, -0.2) is 4.98 Å². The Kier molecular flexibility index (Phi) is 3.96. The molecule has 0 aliphatic carbocycles. The van der Waals surface area contributed by atoms with Crippen LogP contribution < -0.4 is 10.2 Å². The Bertz CT molecular complexity index is 531. The highest BCUT2D eigenvalue weighted by Crippen LogP contribution is 2.21. The van der Waals surface area contributed by atoms with Crippen LogP contribution in [0.3, 0.4) is 0 Å². The zero-order valence-electron chi connectivity index (χ0n) is 11.1. The van der Waals surface area contributed by atoms with E-state index in [9.17, 15) is 4.79 Å². The molecular weight excluding hydrogens is 274 g/mol. The maximum Gasteiger partial charge on any atom is 0.241 e. The van der Waals surface area contributed by atoms with Crippen molar-refractivity contribution in [3.63, 3.8) is 0 Å². The first kappa shape index (κ1) is 13.1. The molecule has 3 rings (SSSR count). The Morgan fingerprint density at radius 1 is 1.40 bits per heavy atom. The molecule has 6 nitrogen and oxygen atoms in total. The molecule has 0 saturated carbocycles. The molecule has 0 unspecified atom stereocenters. The molecule has 1 amide bonds. The molecule has 0 atom stereocenters. The number of carbonyl (C=O) groups excluding carboxylic acids is 1. The average Bonchev–Trinajstić information content (AvgIpc) is 3.12. The van der Waals surface area contributed by atoms with E-state index in [4.69, 9.17) is 0 Å². The van der Waals surface area contributed by atoms with Crippen LogP contribution in [-0.2, 0) is 11.3 Å². The van der Waals surface area contributed by atoms with E-state index in [1.54, 1.807) is 28.4 Å². The van der Waals surface area contributed by atoms with Gasteiger partial charge in [-0.2, -0.15) is 5.10 Å². The van der Waals surface area contributed by atoms with Gasteiger partial charge in [0.25, 0.3) is 0 Å². The van der Waals surface area contributed by atoms with Gasteiger partial charge < -0.3 is 10.2 Å².